The lowest BCUT2D eigenvalue weighted by atomic mass is 10.0. The highest BCUT2D eigenvalue weighted by molar-refractivity contribution is 7.80. The number of H-pyrrole nitrogens is 1. The zero-order chi connectivity index (χ0) is 27.5. The molecule has 4 unspecified atom stereocenters. The lowest BCUT2D eigenvalue weighted by Gasteiger charge is -2.26. The van der Waals surface area contributed by atoms with E-state index in [9.17, 15) is 24.3 Å². The Bertz CT molecular complexity index is 1070. The van der Waals surface area contributed by atoms with Gasteiger partial charge in [-0.25, -0.2) is 4.79 Å². The lowest BCUT2D eigenvalue weighted by Crippen LogP contribution is -2.59. The highest BCUT2D eigenvalue weighted by atomic mass is 32.1. The van der Waals surface area contributed by atoms with Crippen molar-refractivity contribution in [2.24, 2.45) is 17.4 Å². The van der Waals surface area contributed by atoms with E-state index in [2.05, 4.69) is 33.6 Å². The lowest BCUT2D eigenvalue weighted by molar-refractivity contribution is -0.142. The second-order valence-corrected chi connectivity index (χ2v) is 9.69. The van der Waals surface area contributed by atoms with Crippen molar-refractivity contribution in [3.8, 4) is 0 Å². The van der Waals surface area contributed by atoms with Crippen molar-refractivity contribution in [3.05, 3.63) is 36.0 Å². The Morgan fingerprint density at radius 1 is 1.00 bits per heavy atom. The fraction of sp³-hybridized carbons (Fsp3) is 0.520. The molecule has 3 amide bonds. The second kappa shape index (κ2) is 14.6. The largest absolute Gasteiger partial charge is 0.480 e. The number of nitrogens with one attached hydrogen (secondary N) is 4. The SMILES string of the molecule is CC(C)C(NC(=O)C(N)Cc1c[nH]c2ccccc12)C(=O)NC(CS)C(=O)NC(CCCCN)C(=O)O. The third kappa shape index (κ3) is 8.76. The Labute approximate surface area is 221 Å². The molecule has 11 nitrogen and oxygen atoms in total. The van der Waals surface area contributed by atoms with Crippen LogP contribution in [0.3, 0.4) is 0 Å². The zero-order valence-electron chi connectivity index (χ0n) is 21.2. The molecule has 12 heteroatoms. The third-order valence-electron chi connectivity index (χ3n) is 6.08. The quantitative estimate of drug-likeness (QED) is 0.119. The highest BCUT2D eigenvalue weighted by Crippen LogP contribution is 2.19. The summed E-state index contributed by atoms with van der Waals surface area (Å²) >= 11 is 4.14. The number of aliphatic carboxylic acids is 1. The molecule has 0 fully saturated rings. The van der Waals surface area contributed by atoms with Crippen LogP contribution in [0, 0.1) is 5.92 Å². The first-order chi connectivity index (χ1) is 17.6. The number of aromatic nitrogens is 1. The van der Waals surface area contributed by atoms with Crippen LogP contribution in [0.2, 0.25) is 0 Å². The number of carboxylic acids is 1. The molecule has 4 atom stereocenters. The van der Waals surface area contributed by atoms with Crippen LogP contribution in [0.1, 0.15) is 38.7 Å². The van der Waals surface area contributed by atoms with E-state index in [1.165, 1.54) is 0 Å². The van der Waals surface area contributed by atoms with Crippen molar-refractivity contribution in [2.45, 2.75) is 63.7 Å². The molecular formula is C25H38N6O5S. The predicted octanol–water partition coefficient (Wildman–Crippen LogP) is 0.292. The number of carbonyl (C=O) groups excluding carboxylic acids is 3. The van der Waals surface area contributed by atoms with Crippen LogP contribution in [-0.4, -0.2) is 70.2 Å². The number of benzene rings is 1. The van der Waals surface area contributed by atoms with E-state index in [0.29, 0.717) is 19.4 Å². The number of amides is 3. The van der Waals surface area contributed by atoms with Gasteiger partial charge in [0.15, 0.2) is 0 Å². The number of unbranched alkanes of at least 4 members (excludes halogenated alkanes) is 1. The second-order valence-electron chi connectivity index (χ2n) is 9.33. The molecule has 9 N–H and O–H groups in total. The van der Waals surface area contributed by atoms with E-state index in [0.717, 1.165) is 16.5 Å². The molecule has 204 valence electrons. The molecule has 2 aromatic rings. The molecule has 1 aromatic carbocycles. The summed E-state index contributed by atoms with van der Waals surface area (Å²) in [5.74, 6) is -3.31. The van der Waals surface area contributed by atoms with E-state index in [4.69, 9.17) is 11.5 Å². The maximum absolute atomic E-state index is 13.0. The number of aromatic amines is 1. The number of rotatable bonds is 15. The molecule has 0 aliphatic rings. The molecule has 0 saturated heterocycles. The molecule has 0 bridgehead atoms. The molecule has 0 saturated carbocycles. The summed E-state index contributed by atoms with van der Waals surface area (Å²) in [7, 11) is 0. The fourth-order valence-corrected chi connectivity index (χ4v) is 4.16. The summed E-state index contributed by atoms with van der Waals surface area (Å²) in [5.41, 5.74) is 13.4. The Morgan fingerprint density at radius 3 is 2.30 bits per heavy atom. The predicted molar refractivity (Wildman–Crippen MR) is 145 cm³/mol. The summed E-state index contributed by atoms with van der Waals surface area (Å²) in [4.78, 5) is 53.2. The van der Waals surface area contributed by atoms with Crippen LogP contribution >= 0.6 is 12.6 Å². The van der Waals surface area contributed by atoms with Gasteiger partial charge in [0.1, 0.15) is 18.1 Å². The number of thiol groups is 1. The van der Waals surface area contributed by atoms with Crippen LogP contribution < -0.4 is 27.4 Å². The van der Waals surface area contributed by atoms with Crippen LogP contribution in [0.5, 0.6) is 0 Å². The van der Waals surface area contributed by atoms with Gasteiger partial charge in [0.05, 0.1) is 6.04 Å². The fourth-order valence-electron chi connectivity index (χ4n) is 3.90. The van der Waals surface area contributed by atoms with Gasteiger partial charge in [-0.15, -0.1) is 0 Å². The van der Waals surface area contributed by atoms with Crippen molar-refractivity contribution in [2.75, 3.05) is 12.3 Å². The summed E-state index contributed by atoms with van der Waals surface area (Å²) in [6.07, 6.45) is 3.45. The first-order valence-electron chi connectivity index (χ1n) is 12.3. The summed E-state index contributed by atoms with van der Waals surface area (Å²) in [5, 5.41) is 18.1. The number of carbonyl (C=O) groups is 4. The van der Waals surface area contributed by atoms with Crippen LogP contribution in [0.15, 0.2) is 30.5 Å². The first kappa shape index (κ1) is 30.1. The Balaban J connectivity index is 2.00. The summed E-state index contributed by atoms with van der Waals surface area (Å²) in [6, 6.07) is 3.60. The van der Waals surface area contributed by atoms with Gasteiger partial charge in [0, 0.05) is 22.9 Å². The molecule has 0 spiro atoms. The van der Waals surface area contributed by atoms with Crippen molar-refractivity contribution in [1.82, 2.24) is 20.9 Å². The normalized spacial score (nSPS) is 14.5. The highest BCUT2D eigenvalue weighted by Gasteiger charge is 2.31. The zero-order valence-corrected chi connectivity index (χ0v) is 22.1. The van der Waals surface area contributed by atoms with Crippen molar-refractivity contribution in [1.29, 1.82) is 0 Å². The number of fused-ring (bicyclic) bond motifs is 1. The molecule has 0 aliphatic heterocycles. The van der Waals surface area contributed by atoms with Crippen molar-refractivity contribution < 1.29 is 24.3 Å². The molecule has 0 aliphatic carbocycles. The maximum Gasteiger partial charge on any atom is 0.326 e. The minimum Gasteiger partial charge on any atom is -0.480 e. The van der Waals surface area contributed by atoms with E-state index in [-0.39, 0.29) is 24.5 Å². The average molecular weight is 535 g/mol. The molecule has 37 heavy (non-hydrogen) atoms. The van der Waals surface area contributed by atoms with Crippen molar-refractivity contribution in [3.63, 3.8) is 0 Å². The van der Waals surface area contributed by atoms with Gasteiger partial charge in [0.2, 0.25) is 17.7 Å². The monoisotopic (exact) mass is 534 g/mol. The number of hydrogen-bond acceptors (Lipinski definition) is 7. The van der Waals surface area contributed by atoms with Crippen LogP contribution in [0.4, 0.5) is 0 Å². The van der Waals surface area contributed by atoms with E-state index in [1.54, 1.807) is 20.0 Å². The van der Waals surface area contributed by atoms with Crippen LogP contribution in [0.25, 0.3) is 10.9 Å². The van der Waals surface area contributed by atoms with Gasteiger partial charge in [0.25, 0.3) is 0 Å². The van der Waals surface area contributed by atoms with Gasteiger partial charge in [-0.05, 0) is 49.8 Å². The van der Waals surface area contributed by atoms with Gasteiger partial charge in [-0.3, -0.25) is 14.4 Å². The molecule has 1 aromatic heterocycles. The maximum atomic E-state index is 13.0. The molecule has 2 rings (SSSR count). The van der Waals surface area contributed by atoms with Crippen molar-refractivity contribution >= 4 is 47.2 Å². The van der Waals surface area contributed by atoms with Gasteiger partial charge < -0.3 is 37.5 Å². The number of para-hydroxylation sites is 1. The average Bonchev–Trinajstić information content (AvgIpc) is 3.27. The minimum absolute atomic E-state index is 0.0639. The number of hydrogen-bond donors (Lipinski definition) is 8. The number of nitrogens with two attached hydrogens (primary N) is 2. The van der Waals surface area contributed by atoms with E-state index in [1.807, 2.05) is 24.3 Å². The summed E-state index contributed by atoms with van der Waals surface area (Å²) < 4.78 is 0. The molecule has 1 heterocycles. The Kier molecular flexibility index (Phi) is 11.9. The number of carboxylic acid groups (broad SMARTS) is 1. The van der Waals surface area contributed by atoms with E-state index < -0.39 is 47.9 Å². The Hall–Kier alpha value is -3.09. The standard InChI is InChI=1S/C25H38N6O5S/c1-14(2)21(31-22(32)17(27)11-15-12-28-18-8-4-3-7-16(15)18)24(34)30-20(13-37)23(33)29-19(25(35)36)9-5-6-10-26/h3-4,7-8,12,14,17,19-21,28,37H,5-6,9-11,13,26-27H2,1-2H3,(H,29,33)(H,30,34)(H,31,32)(H,35,36). The molecular weight excluding hydrogens is 496 g/mol. The molecule has 0 radical (unpaired) electrons. The topological polar surface area (TPSA) is 192 Å². The smallest absolute Gasteiger partial charge is 0.326 e. The Morgan fingerprint density at radius 2 is 1.68 bits per heavy atom. The minimum atomic E-state index is -1.17. The summed E-state index contributed by atoms with van der Waals surface area (Å²) in [6.45, 7) is 3.93. The third-order valence-corrected chi connectivity index (χ3v) is 6.44. The first-order valence-corrected chi connectivity index (χ1v) is 13.0. The van der Waals surface area contributed by atoms with Crippen LogP contribution in [-0.2, 0) is 25.6 Å². The van der Waals surface area contributed by atoms with Gasteiger partial charge >= 0.3 is 5.97 Å². The van der Waals surface area contributed by atoms with Gasteiger partial charge in [-0.1, -0.05) is 32.0 Å². The van der Waals surface area contributed by atoms with E-state index >= 15 is 0 Å². The van der Waals surface area contributed by atoms with Gasteiger partial charge in [-0.2, -0.15) is 12.6 Å².